The van der Waals surface area contributed by atoms with E-state index in [-0.39, 0.29) is 0 Å². The lowest BCUT2D eigenvalue weighted by atomic mass is 9.78. The highest BCUT2D eigenvalue weighted by Crippen LogP contribution is 2.32. The van der Waals surface area contributed by atoms with Crippen LogP contribution in [0.1, 0.15) is 25.8 Å². The van der Waals surface area contributed by atoms with E-state index >= 15 is 0 Å². The lowest BCUT2D eigenvalue weighted by Gasteiger charge is -2.29. The number of para-hydroxylation sites is 1. The molecule has 0 bridgehead atoms. The van der Waals surface area contributed by atoms with Crippen molar-refractivity contribution in [2.75, 3.05) is 6.54 Å². The Morgan fingerprint density at radius 3 is 2.75 bits per heavy atom. The van der Waals surface area contributed by atoms with Crippen LogP contribution in [-0.2, 0) is 5.41 Å². The van der Waals surface area contributed by atoms with Gasteiger partial charge in [-0.1, -0.05) is 32.0 Å². The fourth-order valence-corrected chi connectivity index (χ4v) is 2.01. The summed E-state index contributed by atoms with van der Waals surface area (Å²) < 4.78 is 0. The molecule has 0 saturated carbocycles. The lowest BCUT2D eigenvalue weighted by molar-refractivity contribution is -0.578. The topological polar surface area (TPSA) is 16.6 Å². The zero-order chi connectivity index (χ0) is 8.60. The molecule has 64 valence electrons. The SMILES string of the molecule is CC1(C)CC[NH2+]c2ccccc21. The lowest BCUT2D eigenvalue weighted by Crippen LogP contribution is -2.81. The van der Waals surface area contributed by atoms with E-state index in [1.54, 1.807) is 0 Å². The van der Waals surface area contributed by atoms with Crippen molar-refractivity contribution in [1.29, 1.82) is 0 Å². The zero-order valence-corrected chi connectivity index (χ0v) is 7.80. The van der Waals surface area contributed by atoms with Gasteiger partial charge in [0.1, 0.15) is 5.69 Å². The summed E-state index contributed by atoms with van der Waals surface area (Å²) in [4.78, 5) is 0. The molecule has 1 heteroatoms. The number of rotatable bonds is 0. The van der Waals surface area contributed by atoms with Crippen LogP contribution in [0.3, 0.4) is 0 Å². The maximum Gasteiger partial charge on any atom is 0.133 e. The maximum absolute atomic E-state index is 2.35. The number of hydrogen-bond acceptors (Lipinski definition) is 0. The third kappa shape index (κ3) is 1.14. The predicted octanol–water partition coefficient (Wildman–Crippen LogP) is 1.56. The van der Waals surface area contributed by atoms with Crippen molar-refractivity contribution >= 4 is 5.69 Å². The van der Waals surface area contributed by atoms with Crippen LogP contribution in [0.2, 0.25) is 0 Å². The molecule has 1 nitrogen and oxygen atoms in total. The second kappa shape index (κ2) is 2.60. The summed E-state index contributed by atoms with van der Waals surface area (Å²) in [7, 11) is 0. The number of fused-ring (bicyclic) bond motifs is 1. The van der Waals surface area contributed by atoms with Crippen LogP contribution >= 0.6 is 0 Å². The molecule has 2 N–H and O–H groups in total. The fourth-order valence-electron chi connectivity index (χ4n) is 2.01. The number of quaternary nitrogens is 1. The summed E-state index contributed by atoms with van der Waals surface area (Å²) in [5.74, 6) is 0. The Bertz CT molecular complexity index is 289. The van der Waals surface area contributed by atoms with Gasteiger partial charge in [-0.3, -0.25) is 0 Å². The zero-order valence-electron chi connectivity index (χ0n) is 7.80. The van der Waals surface area contributed by atoms with E-state index in [0.717, 1.165) is 0 Å². The predicted molar refractivity (Wildman–Crippen MR) is 50.5 cm³/mol. The Kier molecular flexibility index (Phi) is 1.69. The smallest absolute Gasteiger partial charge is 0.133 e. The highest BCUT2D eigenvalue weighted by molar-refractivity contribution is 5.44. The largest absolute Gasteiger partial charge is 0.314 e. The van der Waals surface area contributed by atoms with Gasteiger partial charge in [0.2, 0.25) is 0 Å². The monoisotopic (exact) mass is 162 g/mol. The minimum atomic E-state index is 0.380. The van der Waals surface area contributed by atoms with E-state index in [1.807, 2.05) is 0 Å². The minimum Gasteiger partial charge on any atom is -0.314 e. The van der Waals surface area contributed by atoms with Crippen molar-refractivity contribution < 1.29 is 5.32 Å². The van der Waals surface area contributed by atoms with Gasteiger partial charge in [-0.25, -0.2) is 0 Å². The van der Waals surface area contributed by atoms with Crippen molar-refractivity contribution in [3.8, 4) is 0 Å². The van der Waals surface area contributed by atoms with Gasteiger partial charge < -0.3 is 5.32 Å². The highest BCUT2D eigenvalue weighted by atomic mass is 14.9. The van der Waals surface area contributed by atoms with Gasteiger partial charge in [-0.15, -0.1) is 0 Å². The van der Waals surface area contributed by atoms with Crippen molar-refractivity contribution in [3.05, 3.63) is 29.8 Å². The van der Waals surface area contributed by atoms with Gasteiger partial charge in [-0.2, -0.15) is 0 Å². The van der Waals surface area contributed by atoms with Crippen molar-refractivity contribution in [2.45, 2.75) is 25.7 Å². The Labute approximate surface area is 73.8 Å². The van der Waals surface area contributed by atoms with Gasteiger partial charge in [0.25, 0.3) is 0 Å². The normalized spacial score (nSPS) is 20.2. The fraction of sp³-hybridized carbons (Fsp3) is 0.455. The molecule has 0 spiro atoms. The minimum absolute atomic E-state index is 0.380. The molecule has 12 heavy (non-hydrogen) atoms. The summed E-state index contributed by atoms with van der Waals surface area (Å²) in [5.41, 5.74) is 3.33. The average Bonchev–Trinajstić information content (AvgIpc) is 2.04. The van der Waals surface area contributed by atoms with E-state index < -0.39 is 0 Å². The molecular weight excluding hydrogens is 146 g/mol. The van der Waals surface area contributed by atoms with E-state index in [9.17, 15) is 0 Å². The molecule has 2 rings (SSSR count). The quantitative estimate of drug-likeness (QED) is 0.558. The maximum atomic E-state index is 2.35. The summed E-state index contributed by atoms with van der Waals surface area (Å²) in [6.07, 6.45) is 1.28. The molecule has 0 atom stereocenters. The molecule has 0 fully saturated rings. The van der Waals surface area contributed by atoms with Crippen molar-refractivity contribution in [1.82, 2.24) is 0 Å². The van der Waals surface area contributed by atoms with Gasteiger partial charge in [0.15, 0.2) is 0 Å². The molecule has 1 aliphatic rings. The highest BCUT2D eigenvalue weighted by Gasteiger charge is 2.29. The summed E-state index contributed by atoms with van der Waals surface area (Å²) in [5, 5.41) is 2.35. The standard InChI is InChI=1S/C11H15N/c1-11(2)7-8-12-10-6-4-3-5-9(10)11/h3-6,12H,7-8H2,1-2H3/p+1. The Morgan fingerprint density at radius 2 is 2.00 bits per heavy atom. The molecule has 1 aliphatic heterocycles. The van der Waals surface area contributed by atoms with Crippen molar-refractivity contribution in [3.63, 3.8) is 0 Å². The van der Waals surface area contributed by atoms with Gasteiger partial charge >= 0.3 is 0 Å². The molecule has 0 saturated heterocycles. The van der Waals surface area contributed by atoms with Gasteiger partial charge in [0.05, 0.1) is 6.54 Å². The van der Waals surface area contributed by atoms with E-state index in [4.69, 9.17) is 0 Å². The van der Waals surface area contributed by atoms with Crippen LogP contribution in [0.4, 0.5) is 5.69 Å². The van der Waals surface area contributed by atoms with Crippen LogP contribution in [0.25, 0.3) is 0 Å². The summed E-state index contributed by atoms with van der Waals surface area (Å²) in [6.45, 7) is 5.89. The first-order chi connectivity index (χ1) is 5.70. The van der Waals surface area contributed by atoms with Crippen LogP contribution in [0.15, 0.2) is 24.3 Å². The average molecular weight is 162 g/mol. The number of benzene rings is 1. The van der Waals surface area contributed by atoms with Crippen LogP contribution in [0, 0.1) is 0 Å². The third-order valence-electron chi connectivity index (χ3n) is 2.82. The van der Waals surface area contributed by atoms with Gasteiger partial charge in [-0.05, 0) is 6.07 Å². The van der Waals surface area contributed by atoms with Gasteiger partial charge in [0, 0.05) is 17.4 Å². The third-order valence-corrected chi connectivity index (χ3v) is 2.82. The molecule has 0 amide bonds. The first-order valence-corrected chi connectivity index (χ1v) is 4.63. The van der Waals surface area contributed by atoms with E-state index in [2.05, 4.69) is 43.4 Å². The molecule has 1 aromatic carbocycles. The summed E-state index contributed by atoms with van der Waals surface area (Å²) in [6, 6.07) is 8.73. The molecule has 0 aromatic heterocycles. The number of hydrogen-bond donors (Lipinski definition) is 1. The second-order valence-corrected chi connectivity index (χ2v) is 4.21. The number of nitrogens with two attached hydrogens (primary N) is 1. The van der Waals surface area contributed by atoms with E-state index in [1.165, 1.54) is 24.2 Å². The Hall–Kier alpha value is -0.820. The molecule has 1 heterocycles. The molecule has 1 aromatic rings. The Morgan fingerprint density at radius 1 is 1.25 bits per heavy atom. The molecular formula is C11H16N+. The summed E-state index contributed by atoms with van der Waals surface area (Å²) >= 11 is 0. The van der Waals surface area contributed by atoms with Crippen LogP contribution < -0.4 is 5.32 Å². The first-order valence-electron chi connectivity index (χ1n) is 4.63. The second-order valence-electron chi connectivity index (χ2n) is 4.21. The molecule has 0 unspecified atom stereocenters. The van der Waals surface area contributed by atoms with Crippen LogP contribution in [0.5, 0.6) is 0 Å². The van der Waals surface area contributed by atoms with Crippen LogP contribution in [-0.4, -0.2) is 6.54 Å². The molecule has 0 aliphatic carbocycles. The molecule has 0 radical (unpaired) electrons. The van der Waals surface area contributed by atoms with Crippen molar-refractivity contribution in [2.24, 2.45) is 0 Å². The first kappa shape index (κ1) is 7.81. The van der Waals surface area contributed by atoms with E-state index in [0.29, 0.717) is 5.41 Å². The Balaban J connectivity index is 2.52.